The minimum Gasteiger partial charge on any atom is -0.481 e. The molecule has 0 aliphatic rings. The summed E-state index contributed by atoms with van der Waals surface area (Å²) in [6.45, 7) is 8.69. The van der Waals surface area contributed by atoms with Crippen LogP contribution < -0.4 is 10.1 Å². The molecule has 2 rings (SSSR count). The molecule has 1 atom stereocenters. The molecule has 0 radical (unpaired) electrons. The number of nitrogens with zero attached hydrogens (tertiary/aromatic N) is 1. The van der Waals surface area contributed by atoms with Gasteiger partial charge in [-0.3, -0.25) is 9.78 Å². The molecule has 1 N–H and O–H groups in total. The van der Waals surface area contributed by atoms with E-state index in [1.165, 1.54) is 5.56 Å². The highest BCUT2D eigenvalue weighted by molar-refractivity contribution is 5.85. The van der Waals surface area contributed by atoms with Crippen LogP contribution in [-0.4, -0.2) is 17.0 Å². The van der Waals surface area contributed by atoms with Crippen LogP contribution in [0.15, 0.2) is 48.8 Å². The summed E-state index contributed by atoms with van der Waals surface area (Å²) in [4.78, 5) is 16.1. The first-order valence-corrected chi connectivity index (χ1v) is 7.80. The zero-order chi connectivity index (χ0) is 16.9. The zero-order valence-corrected chi connectivity index (χ0v) is 15.4. The number of benzene rings is 1. The summed E-state index contributed by atoms with van der Waals surface area (Å²) in [5.74, 6) is 0.552. The Kier molecular flexibility index (Phi) is 7.23. The first-order chi connectivity index (χ1) is 10.9. The van der Waals surface area contributed by atoms with Gasteiger partial charge in [0.05, 0.1) is 0 Å². The van der Waals surface area contributed by atoms with Crippen LogP contribution in [0.2, 0.25) is 0 Å². The van der Waals surface area contributed by atoms with Crippen molar-refractivity contribution in [1.29, 1.82) is 0 Å². The molecule has 0 aliphatic heterocycles. The van der Waals surface area contributed by atoms with Crippen LogP contribution in [0.5, 0.6) is 5.75 Å². The van der Waals surface area contributed by atoms with Crippen molar-refractivity contribution < 1.29 is 9.53 Å². The lowest BCUT2D eigenvalue weighted by molar-refractivity contribution is -0.127. The van der Waals surface area contributed by atoms with Gasteiger partial charge in [-0.25, -0.2) is 0 Å². The average molecular weight is 349 g/mol. The fourth-order valence-corrected chi connectivity index (χ4v) is 2.13. The Balaban J connectivity index is 0.00000288. The lowest BCUT2D eigenvalue weighted by atomic mass is 9.87. The van der Waals surface area contributed by atoms with E-state index in [2.05, 4.69) is 31.1 Å². The predicted octanol–water partition coefficient (Wildman–Crippen LogP) is 3.88. The average Bonchev–Trinajstić information content (AvgIpc) is 2.53. The van der Waals surface area contributed by atoms with Crippen LogP contribution in [0.1, 0.15) is 38.8 Å². The Labute approximate surface area is 150 Å². The highest BCUT2D eigenvalue weighted by Gasteiger charge is 2.16. The number of aromatic nitrogens is 1. The molecule has 1 aromatic carbocycles. The van der Waals surface area contributed by atoms with Crippen molar-refractivity contribution in [1.82, 2.24) is 10.3 Å². The molecule has 0 fully saturated rings. The molecular weight excluding hydrogens is 324 g/mol. The first kappa shape index (κ1) is 20.0. The molecule has 0 spiro atoms. The number of amides is 1. The second kappa shape index (κ2) is 8.69. The van der Waals surface area contributed by atoms with Gasteiger partial charge in [0.1, 0.15) is 5.75 Å². The van der Waals surface area contributed by atoms with Crippen molar-refractivity contribution in [3.8, 4) is 5.75 Å². The highest BCUT2D eigenvalue weighted by Crippen LogP contribution is 2.24. The van der Waals surface area contributed by atoms with Gasteiger partial charge in [0, 0.05) is 18.9 Å². The summed E-state index contributed by atoms with van der Waals surface area (Å²) in [6, 6.07) is 11.7. The lowest BCUT2D eigenvalue weighted by Gasteiger charge is -2.20. The van der Waals surface area contributed by atoms with Crippen molar-refractivity contribution in [2.45, 2.75) is 45.8 Å². The third-order valence-electron chi connectivity index (χ3n) is 3.59. The first-order valence-electron chi connectivity index (χ1n) is 7.80. The van der Waals surface area contributed by atoms with Gasteiger partial charge in [-0.2, -0.15) is 0 Å². The van der Waals surface area contributed by atoms with E-state index in [-0.39, 0.29) is 23.7 Å². The number of hydrogen-bond acceptors (Lipinski definition) is 3. The second-order valence-corrected chi connectivity index (χ2v) is 6.61. The van der Waals surface area contributed by atoms with Crippen LogP contribution in [0.3, 0.4) is 0 Å². The van der Waals surface area contributed by atoms with Crippen LogP contribution >= 0.6 is 12.4 Å². The Bertz CT molecular complexity index is 637. The molecule has 0 saturated carbocycles. The molecule has 2 aromatic rings. The standard InChI is InChI=1S/C19H24N2O2.ClH/c1-14(18(22)21-13-15-6-5-11-20-12-15)23-17-9-7-16(8-10-17)19(2,3)4;/h5-12,14H,13H2,1-4H3,(H,21,22);1H. The van der Waals surface area contributed by atoms with Crippen LogP contribution in [0.4, 0.5) is 0 Å². The highest BCUT2D eigenvalue weighted by atomic mass is 35.5. The zero-order valence-electron chi connectivity index (χ0n) is 14.6. The SMILES string of the molecule is CC(Oc1ccc(C(C)(C)C)cc1)C(=O)NCc1cccnc1.Cl. The molecular formula is C19H25ClN2O2. The van der Waals surface area contributed by atoms with Crippen molar-refractivity contribution in [3.63, 3.8) is 0 Å². The van der Waals surface area contributed by atoms with Gasteiger partial charge in [0.25, 0.3) is 5.91 Å². The van der Waals surface area contributed by atoms with Gasteiger partial charge in [-0.05, 0) is 41.7 Å². The maximum absolute atomic E-state index is 12.1. The van der Waals surface area contributed by atoms with E-state index in [9.17, 15) is 4.79 Å². The monoisotopic (exact) mass is 348 g/mol. The summed E-state index contributed by atoms with van der Waals surface area (Å²) in [7, 11) is 0. The molecule has 0 aliphatic carbocycles. The fourth-order valence-electron chi connectivity index (χ4n) is 2.13. The predicted molar refractivity (Wildman–Crippen MR) is 98.6 cm³/mol. The normalized spacial score (nSPS) is 12.0. The summed E-state index contributed by atoms with van der Waals surface area (Å²) < 4.78 is 5.70. The summed E-state index contributed by atoms with van der Waals surface area (Å²) in [5.41, 5.74) is 2.30. The molecule has 0 saturated heterocycles. The number of ether oxygens (including phenoxy) is 1. The summed E-state index contributed by atoms with van der Waals surface area (Å²) in [5, 5.41) is 2.85. The van der Waals surface area contributed by atoms with Crippen molar-refractivity contribution in [3.05, 3.63) is 59.9 Å². The number of carbonyl (C=O) groups is 1. The molecule has 130 valence electrons. The maximum Gasteiger partial charge on any atom is 0.261 e. The fraction of sp³-hybridized carbons (Fsp3) is 0.368. The van der Waals surface area contributed by atoms with Gasteiger partial charge >= 0.3 is 0 Å². The number of nitrogens with one attached hydrogen (secondary N) is 1. The smallest absolute Gasteiger partial charge is 0.261 e. The molecule has 0 bridgehead atoms. The van der Waals surface area contributed by atoms with Crippen LogP contribution in [-0.2, 0) is 16.8 Å². The quantitative estimate of drug-likeness (QED) is 0.892. The number of pyridine rings is 1. The van der Waals surface area contributed by atoms with Crippen LogP contribution in [0.25, 0.3) is 0 Å². The largest absolute Gasteiger partial charge is 0.481 e. The van der Waals surface area contributed by atoms with Crippen LogP contribution in [0, 0.1) is 0 Å². The van der Waals surface area contributed by atoms with E-state index in [1.54, 1.807) is 19.3 Å². The van der Waals surface area contributed by atoms with E-state index < -0.39 is 6.10 Å². The lowest BCUT2D eigenvalue weighted by Crippen LogP contribution is -2.35. The molecule has 1 heterocycles. The third kappa shape index (κ3) is 5.85. The number of carbonyl (C=O) groups excluding carboxylic acids is 1. The Morgan fingerprint density at radius 3 is 2.42 bits per heavy atom. The molecule has 1 aromatic heterocycles. The summed E-state index contributed by atoms with van der Waals surface area (Å²) in [6.07, 6.45) is 2.89. The van der Waals surface area contributed by atoms with E-state index >= 15 is 0 Å². The Morgan fingerprint density at radius 2 is 1.88 bits per heavy atom. The Hall–Kier alpha value is -2.07. The topological polar surface area (TPSA) is 51.2 Å². The maximum atomic E-state index is 12.1. The molecule has 24 heavy (non-hydrogen) atoms. The Morgan fingerprint density at radius 1 is 1.21 bits per heavy atom. The van der Waals surface area contributed by atoms with E-state index in [0.717, 1.165) is 5.56 Å². The molecule has 5 heteroatoms. The van der Waals surface area contributed by atoms with Gasteiger partial charge in [-0.1, -0.05) is 39.0 Å². The summed E-state index contributed by atoms with van der Waals surface area (Å²) >= 11 is 0. The number of hydrogen-bond donors (Lipinski definition) is 1. The van der Waals surface area contributed by atoms with E-state index in [4.69, 9.17) is 4.74 Å². The molecule has 1 unspecified atom stereocenters. The number of rotatable bonds is 5. The van der Waals surface area contributed by atoms with E-state index in [0.29, 0.717) is 12.3 Å². The van der Waals surface area contributed by atoms with Gasteiger partial charge in [-0.15, -0.1) is 12.4 Å². The van der Waals surface area contributed by atoms with Gasteiger partial charge < -0.3 is 10.1 Å². The van der Waals surface area contributed by atoms with Gasteiger partial charge in [0.15, 0.2) is 6.10 Å². The van der Waals surface area contributed by atoms with Crippen molar-refractivity contribution >= 4 is 18.3 Å². The molecule has 1 amide bonds. The van der Waals surface area contributed by atoms with Crippen molar-refractivity contribution in [2.75, 3.05) is 0 Å². The minimum atomic E-state index is -0.549. The second-order valence-electron chi connectivity index (χ2n) is 6.61. The molecule has 4 nitrogen and oxygen atoms in total. The van der Waals surface area contributed by atoms with E-state index in [1.807, 2.05) is 36.4 Å². The third-order valence-corrected chi connectivity index (χ3v) is 3.59. The van der Waals surface area contributed by atoms with Crippen molar-refractivity contribution in [2.24, 2.45) is 0 Å². The number of halogens is 1. The van der Waals surface area contributed by atoms with Gasteiger partial charge in [0.2, 0.25) is 0 Å². The minimum absolute atomic E-state index is 0.